The molecule has 1 aliphatic carbocycles. The minimum absolute atomic E-state index is 0.0342. The quantitative estimate of drug-likeness (QED) is 0.771. The van der Waals surface area contributed by atoms with Gasteiger partial charge in [-0.1, -0.05) is 12.1 Å². The van der Waals surface area contributed by atoms with Crippen LogP contribution in [-0.4, -0.2) is 40.7 Å². The van der Waals surface area contributed by atoms with Crippen LogP contribution in [0.5, 0.6) is 5.75 Å². The summed E-state index contributed by atoms with van der Waals surface area (Å²) in [6.07, 6.45) is 3.35. The summed E-state index contributed by atoms with van der Waals surface area (Å²) in [6, 6.07) is 8.28. The van der Waals surface area contributed by atoms with Crippen molar-refractivity contribution in [1.29, 1.82) is 0 Å². The molecule has 2 saturated heterocycles. The van der Waals surface area contributed by atoms with Crippen molar-refractivity contribution < 1.29 is 9.53 Å². The van der Waals surface area contributed by atoms with Crippen LogP contribution in [0.3, 0.4) is 0 Å². The number of amides is 1. The standard InChI is InChI=1S/C20H22N2O2S3/c1-24-13-7-5-12(6-8-13)18-14-3-2-4-15(19-25-9-10-26-19)17(14)21-20-22(18)16(23)11-27-20/h5-8,18,20-21H,2-4,9-11H2,1H3. The zero-order valence-corrected chi connectivity index (χ0v) is 17.6. The Hall–Kier alpha value is -1.18. The first-order valence-corrected chi connectivity index (χ1v) is 12.3. The topological polar surface area (TPSA) is 41.6 Å². The largest absolute Gasteiger partial charge is 0.497 e. The van der Waals surface area contributed by atoms with Gasteiger partial charge >= 0.3 is 0 Å². The van der Waals surface area contributed by atoms with Crippen molar-refractivity contribution in [2.45, 2.75) is 30.8 Å². The molecule has 0 aromatic heterocycles. The van der Waals surface area contributed by atoms with Crippen molar-refractivity contribution in [2.24, 2.45) is 0 Å². The monoisotopic (exact) mass is 418 g/mol. The molecule has 0 spiro atoms. The number of fused-ring (bicyclic) bond motifs is 1. The highest BCUT2D eigenvalue weighted by molar-refractivity contribution is 8.25. The van der Waals surface area contributed by atoms with Crippen molar-refractivity contribution in [1.82, 2.24) is 10.2 Å². The van der Waals surface area contributed by atoms with Gasteiger partial charge < -0.3 is 15.0 Å². The van der Waals surface area contributed by atoms with Gasteiger partial charge in [-0.2, -0.15) is 0 Å². The normalized spacial score (nSPS) is 27.6. The number of thioether (sulfide) groups is 3. The molecule has 0 bridgehead atoms. The van der Waals surface area contributed by atoms with E-state index in [4.69, 9.17) is 4.74 Å². The second-order valence-electron chi connectivity index (χ2n) is 7.00. The van der Waals surface area contributed by atoms with Gasteiger partial charge in [-0.25, -0.2) is 0 Å². The highest BCUT2D eigenvalue weighted by atomic mass is 32.2. The molecule has 0 saturated carbocycles. The Bertz CT molecular complexity index is 826. The SMILES string of the molecule is COc1ccc(C2C3=C(NC4SCC(=O)N42)C(=C2SCCS2)CCC3)cc1. The Labute approximate surface area is 172 Å². The number of hydrogen-bond acceptors (Lipinski definition) is 6. The van der Waals surface area contributed by atoms with Crippen LogP contribution in [0.1, 0.15) is 30.9 Å². The lowest BCUT2D eigenvalue weighted by molar-refractivity contribution is -0.130. The summed E-state index contributed by atoms with van der Waals surface area (Å²) in [5.74, 6) is 4.05. The summed E-state index contributed by atoms with van der Waals surface area (Å²) in [5.41, 5.74) is 5.41. The third-order valence-corrected chi connectivity index (χ3v) is 9.38. The van der Waals surface area contributed by atoms with E-state index < -0.39 is 0 Å². The molecule has 1 N–H and O–H groups in total. The highest BCUT2D eigenvalue weighted by Gasteiger charge is 2.45. The van der Waals surface area contributed by atoms with E-state index in [2.05, 4.69) is 22.3 Å². The van der Waals surface area contributed by atoms with Gasteiger partial charge in [-0.15, -0.1) is 35.3 Å². The zero-order valence-electron chi connectivity index (χ0n) is 15.2. The number of ether oxygens (including phenoxy) is 1. The first-order chi connectivity index (χ1) is 13.3. The van der Waals surface area contributed by atoms with Gasteiger partial charge in [0.2, 0.25) is 5.91 Å². The summed E-state index contributed by atoms with van der Waals surface area (Å²) >= 11 is 5.70. The third kappa shape index (κ3) is 3.08. The summed E-state index contributed by atoms with van der Waals surface area (Å²) in [4.78, 5) is 14.8. The first-order valence-electron chi connectivity index (χ1n) is 9.31. The van der Waals surface area contributed by atoms with Crippen LogP contribution in [0.25, 0.3) is 0 Å². The maximum absolute atomic E-state index is 12.7. The molecule has 4 aliphatic rings. The number of allylic oxidation sites excluding steroid dienone is 1. The molecular formula is C20H22N2O2S3. The lowest BCUT2D eigenvalue weighted by Gasteiger charge is -2.44. The Morgan fingerprint density at radius 1 is 1.15 bits per heavy atom. The fourth-order valence-electron chi connectivity index (χ4n) is 4.31. The van der Waals surface area contributed by atoms with Crippen molar-refractivity contribution >= 4 is 41.2 Å². The van der Waals surface area contributed by atoms with E-state index in [-0.39, 0.29) is 17.4 Å². The summed E-state index contributed by atoms with van der Waals surface area (Å²) in [6.45, 7) is 0. The second kappa shape index (κ2) is 7.33. The van der Waals surface area contributed by atoms with E-state index in [0.29, 0.717) is 5.75 Å². The molecule has 5 rings (SSSR count). The van der Waals surface area contributed by atoms with E-state index in [0.717, 1.165) is 25.0 Å². The van der Waals surface area contributed by atoms with Crippen LogP contribution in [0.15, 0.2) is 45.3 Å². The average Bonchev–Trinajstić information content (AvgIpc) is 3.37. The van der Waals surface area contributed by atoms with E-state index >= 15 is 0 Å². The van der Waals surface area contributed by atoms with Gasteiger partial charge in [0.25, 0.3) is 0 Å². The van der Waals surface area contributed by atoms with Crippen LogP contribution in [0.4, 0.5) is 0 Å². The van der Waals surface area contributed by atoms with Crippen LogP contribution in [0.2, 0.25) is 0 Å². The molecule has 3 heterocycles. The minimum Gasteiger partial charge on any atom is -0.497 e. The van der Waals surface area contributed by atoms with Crippen molar-refractivity contribution in [2.75, 3.05) is 24.4 Å². The number of methoxy groups -OCH3 is 1. The first kappa shape index (κ1) is 17.9. The van der Waals surface area contributed by atoms with E-state index in [1.165, 1.54) is 38.1 Å². The van der Waals surface area contributed by atoms with Crippen molar-refractivity contribution in [3.63, 3.8) is 0 Å². The number of nitrogens with zero attached hydrogens (tertiary/aromatic N) is 1. The fourth-order valence-corrected chi connectivity index (χ4v) is 7.99. The number of carbonyl (C=O) groups excluding carboxylic acids is 1. The maximum atomic E-state index is 12.7. The summed E-state index contributed by atoms with van der Waals surface area (Å²) in [7, 11) is 1.69. The summed E-state index contributed by atoms with van der Waals surface area (Å²) < 4.78 is 6.83. The van der Waals surface area contributed by atoms with Gasteiger partial charge in [-0.05, 0) is 48.1 Å². The molecule has 4 nitrogen and oxygen atoms in total. The molecule has 1 aromatic rings. The number of rotatable bonds is 2. The highest BCUT2D eigenvalue weighted by Crippen LogP contribution is 2.50. The van der Waals surface area contributed by atoms with Gasteiger partial charge in [0.1, 0.15) is 5.75 Å². The van der Waals surface area contributed by atoms with E-state index in [9.17, 15) is 4.79 Å². The van der Waals surface area contributed by atoms with Crippen LogP contribution in [-0.2, 0) is 4.79 Å². The Kier molecular flexibility index (Phi) is 4.86. The van der Waals surface area contributed by atoms with Crippen LogP contribution < -0.4 is 10.1 Å². The molecule has 1 amide bonds. The molecule has 3 aliphatic heterocycles. The lowest BCUT2D eigenvalue weighted by Crippen LogP contribution is -2.50. The molecule has 7 heteroatoms. The molecule has 0 radical (unpaired) electrons. The van der Waals surface area contributed by atoms with Crippen LogP contribution >= 0.6 is 35.3 Å². The average molecular weight is 419 g/mol. The predicted molar refractivity (Wildman–Crippen MR) is 115 cm³/mol. The van der Waals surface area contributed by atoms with Gasteiger partial charge in [0.05, 0.1) is 18.9 Å². The smallest absolute Gasteiger partial charge is 0.235 e. The number of nitrogens with one attached hydrogen (secondary N) is 1. The van der Waals surface area contributed by atoms with E-state index in [1.54, 1.807) is 18.9 Å². The van der Waals surface area contributed by atoms with Crippen LogP contribution in [0, 0.1) is 0 Å². The Morgan fingerprint density at radius 2 is 1.93 bits per heavy atom. The Morgan fingerprint density at radius 3 is 2.67 bits per heavy atom. The summed E-state index contributed by atoms with van der Waals surface area (Å²) in [5, 5.41) is 3.74. The molecule has 142 valence electrons. The van der Waals surface area contributed by atoms with Gasteiger partial charge in [-0.3, -0.25) is 4.79 Å². The molecule has 1 aromatic carbocycles. The van der Waals surface area contributed by atoms with Crippen molar-refractivity contribution in [3.05, 3.63) is 50.9 Å². The Balaban J connectivity index is 1.63. The number of carbonyl (C=O) groups is 1. The number of hydrogen-bond donors (Lipinski definition) is 1. The lowest BCUT2D eigenvalue weighted by atomic mass is 9.83. The van der Waals surface area contributed by atoms with E-state index in [1.807, 2.05) is 35.7 Å². The molecule has 2 unspecified atom stereocenters. The number of benzene rings is 1. The van der Waals surface area contributed by atoms with Gasteiger partial charge in [0, 0.05) is 21.4 Å². The molecule has 2 atom stereocenters. The zero-order chi connectivity index (χ0) is 18.4. The fraction of sp³-hybridized carbons (Fsp3) is 0.450. The van der Waals surface area contributed by atoms with Crippen molar-refractivity contribution in [3.8, 4) is 5.75 Å². The molecular weight excluding hydrogens is 396 g/mol. The van der Waals surface area contributed by atoms with Gasteiger partial charge in [0.15, 0.2) is 5.50 Å². The third-order valence-electron chi connectivity index (χ3n) is 5.50. The predicted octanol–water partition coefficient (Wildman–Crippen LogP) is 4.33. The maximum Gasteiger partial charge on any atom is 0.235 e. The molecule has 27 heavy (non-hydrogen) atoms. The minimum atomic E-state index is 0.0342. The molecule has 2 fully saturated rings. The second-order valence-corrected chi connectivity index (χ2v) is 10.5.